The van der Waals surface area contributed by atoms with Crippen molar-refractivity contribution in [3.05, 3.63) is 28.2 Å². The van der Waals surface area contributed by atoms with Crippen molar-refractivity contribution in [1.29, 1.82) is 0 Å². The fourth-order valence-corrected chi connectivity index (χ4v) is 3.04. The highest BCUT2D eigenvalue weighted by Crippen LogP contribution is 2.68. The molecule has 1 aliphatic carbocycles. The molecule has 1 N–H and O–H groups in total. The number of carbonyl (C=O) groups is 1. The first-order chi connectivity index (χ1) is 8.18. The Hall–Kier alpha value is -0.830. The summed E-state index contributed by atoms with van der Waals surface area (Å²) in [6, 6.07) is 5.88. The van der Waals surface area contributed by atoms with Gasteiger partial charge in [0.15, 0.2) is 0 Å². The first-order valence-electron chi connectivity index (χ1n) is 6.25. The predicted molar refractivity (Wildman–Crippen MR) is 78.6 cm³/mol. The molecule has 1 fully saturated rings. The monoisotopic (exact) mass is 309 g/mol. The fourth-order valence-electron chi connectivity index (χ4n) is 2.79. The SMILES string of the molecule is Cc1cc(NC(=O)C2C(C)(C)C2(C)C)ccc1Br. The topological polar surface area (TPSA) is 29.1 Å². The highest BCUT2D eigenvalue weighted by molar-refractivity contribution is 9.10. The number of carbonyl (C=O) groups excluding carboxylic acids is 1. The molecule has 1 saturated carbocycles. The molecule has 0 radical (unpaired) electrons. The van der Waals surface area contributed by atoms with Crippen LogP contribution in [0.4, 0.5) is 5.69 Å². The van der Waals surface area contributed by atoms with Gasteiger partial charge in [0.2, 0.25) is 5.91 Å². The number of nitrogens with one attached hydrogen (secondary N) is 1. The number of aryl methyl sites for hydroxylation is 1. The number of anilines is 1. The molecule has 0 aromatic heterocycles. The van der Waals surface area contributed by atoms with Crippen molar-refractivity contribution < 1.29 is 4.79 Å². The zero-order valence-corrected chi connectivity index (χ0v) is 13.2. The summed E-state index contributed by atoms with van der Waals surface area (Å²) < 4.78 is 1.06. The summed E-state index contributed by atoms with van der Waals surface area (Å²) in [5.74, 6) is 0.223. The number of benzene rings is 1. The summed E-state index contributed by atoms with van der Waals surface area (Å²) in [5.41, 5.74) is 2.17. The molecule has 1 aliphatic rings. The molecule has 3 heteroatoms. The van der Waals surface area contributed by atoms with Crippen LogP contribution in [0.3, 0.4) is 0 Å². The van der Waals surface area contributed by atoms with Crippen LogP contribution in [0.25, 0.3) is 0 Å². The highest BCUT2D eigenvalue weighted by Gasteiger charge is 2.68. The van der Waals surface area contributed by atoms with Gasteiger partial charge in [-0.2, -0.15) is 0 Å². The van der Waals surface area contributed by atoms with Crippen LogP contribution in [0, 0.1) is 23.7 Å². The van der Waals surface area contributed by atoms with Crippen LogP contribution in [-0.4, -0.2) is 5.91 Å². The molecule has 18 heavy (non-hydrogen) atoms. The van der Waals surface area contributed by atoms with Gasteiger partial charge >= 0.3 is 0 Å². The average molecular weight is 310 g/mol. The first kappa shape index (κ1) is 13.6. The van der Waals surface area contributed by atoms with E-state index in [1.165, 1.54) is 0 Å². The minimum absolute atomic E-state index is 0.0848. The van der Waals surface area contributed by atoms with Crippen LogP contribution < -0.4 is 5.32 Å². The number of rotatable bonds is 2. The Labute approximate surface area is 117 Å². The lowest BCUT2D eigenvalue weighted by Gasteiger charge is -2.08. The molecular formula is C15H20BrNO. The number of halogens is 1. The maximum atomic E-state index is 12.3. The van der Waals surface area contributed by atoms with E-state index in [4.69, 9.17) is 0 Å². The molecule has 0 aliphatic heterocycles. The third-order valence-electron chi connectivity index (χ3n) is 4.71. The number of hydrogen-bond donors (Lipinski definition) is 1. The van der Waals surface area contributed by atoms with E-state index in [0.717, 1.165) is 15.7 Å². The van der Waals surface area contributed by atoms with Crippen LogP contribution >= 0.6 is 15.9 Å². The minimum Gasteiger partial charge on any atom is -0.326 e. The molecule has 0 heterocycles. The summed E-state index contributed by atoms with van der Waals surface area (Å²) in [7, 11) is 0. The van der Waals surface area contributed by atoms with Crippen LogP contribution in [-0.2, 0) is 4.79 Å². The van der Waals surface area contributed by atoms with Crippen molar-refractivity contribution in [3.63, 3.8) is 0 Å². The molecule has 0 unspecified atom stereocenters. The third kappa shape index (κ3) is 1.99. The van der Waals surface area contributed by atoms with E-state index in [0.29, 0.717) is 0 Å². The van der Waals surface area contributed by atoms with Crippen LogP contribution in [0.5, 0.6) is 0 Å². The Morgan fingerprint density at radius 3 is 2.22 bits per heavy atom. The summed E-state index contributed by atoms with van der Waals surface area (Å²) >= 11 is 3.46. The summed E-state index contributed by atoms with van der Waals surface area (Å²) in [6.07, 6.45) is 0. The Bertz CT molecular complexity index is 491. The van der Waals surface area contributed by atoms with Crippen molar-refractivity contribution >= 4 is 27.5 Å². The van der Waals surface area contributed by atoms with E-state index >= 15 is 0 Å². The molecule has 2 rings (SSSR count). The largest absolute Gasteiger partial charge is 0.326 e. The van der Waals surface area contributed by atoms with Crippen molar-refractivity contribution in [3.8, 4) is 0 Å². The van der Waals surface area contributed by atoms with Crippen LogP contribution in [0.15, 0.2) is 22.7 Å². The van der Waals surface area contributed by atoms with E-state index in [1.54, 1.807) is 0 Å². The Morgan fingerprint density at radius 1 is 1.22 bits per heavy atom. The van der Waals surface area contributed by atoms with Gasteiger partial charge < -0.3 is 5.32 Å². The van der Waals surface area contributed by atoms with Gasteiger partial charge in [0, 0.05) is 16.1 Å². The van der Waals surface area contributed by atoms with Gasteiger partial charge in [-0.1, -0.05) is 43.6 Å². The normalized spacial score (nSPS) is 20.6. The second-order valence-electron chi connectivity index (χ2n) is 6.33. The van der Waals surface area contributed by atoms with Gasteiger partial charge in [0.1, 0.15) is 0 Å². The minimum atomic E-state index is 0.0848. The van der Waals surface area contributed by atoms with E-state index < -0.39 is 0 Å². The van der Waals surface area contributed by atoms with Crippen LogP contribution in [0.1, 0.15) is 33.3 Å². The molecule has 0 spiro atoms. The van der Waals surface area contributed by atoms with Crippen LogP contribution in [0.2, 0.25) is 0 Å². The molecule has 0 saturated heterocycles. The second kappa shape index (κ2) is 4.09. The van der Waals surface area contributed by atoms with Crippen molar-refractivity contribution in [2.45, 2.75) is 34.6 Å². The molecule has 0 bridgehead atoms. The Kier molecular flexibility index (Phi) is 3.09. The number of amides is 1. The molecule has 98 valence electrons. The van der Waals surface area contributed by atoms with Gasteiger partial charge in [-0.15, -0.1) is 0 Å². The van der Waals surface area contributed by atoms with Gasteiger partial charge in [-0.3, -0.25) is 4.79 Å². The standard InChI is InChI=1S/C15H20BrNO/c1-9-8-10(6-7-11(9)16)17-13(18)12-14(2,3)15(12,4)5/h6-8,12H,1-5H3,(H,17,18). The lowest BCUT2D eigenvalue weighted by molar-refractivity contribution is -0.118. The zero-order valence-electron chi connectivity index (χ0n) is 11.6. The van der Waals surface area contributed by atoms with Crippen molar-refractivity contribution in [1.82, 2.24) is 0 Å². The molecule has 0 atom stereocenters. The third-order valence-corrected chi connectivity index (χ3v) is 5.60. The van der Waals surface area contributed by atoms with E-state index in [2.05, 4.69) is 48.9 Å². The predicted octanol–water partition coefficient (Wildman–Crippen LogP) is 4.38. The lowest BCUT2D eigenvalue weighted by Crippen LogP contribution is -2.17. The fraction of sp³-hybridized carbons (Fsp3) is 0.533. The second-order valence-corrected chi connectivity index (χ2v) is 7.18. The highest BCUT2D eigenvalue weighted by atomic mass is 79.9. The summed E-state index contributed by atoms with van der Waals surface area (Å²) in [4.78, 5) is 12.3. The summed E-state index contributed by atoms with van der Waals surface area (Å²) in [5, 5.41) is 3.02. The van der Waals surface area contributed by atoms with Crippen molar-refractivity contribution in [2.24, 2.45) is 16.7 Å². The zero-order chi connectivity index (χ0) is 13.7. The Balaban J connectivity index is 2.12. The van der Waals surface area contributed by atoms with Gasteiger partial charge in [-0.25, -0.2) is 0 Å². The maximum Gasteiger partial charge on any atom is 0.228 e. The molecular weight excluding hydrogens is 290 g/mol. The molecule has 1 aromatic carbocycles. The van der Waals surface area contributed by atoms with E-state index in [9.17, 15) is 4.79 Å². The molecule has 2 nitrogen and oxygen atoms in total. The van der Waals surface area contributed by atoms with E-state index in [1.807, 2.05) is 25.1 Å². The molecule has 1 amide bonds. The summed E-state index contributed by atoms with van der Waals surface area (Å²) in [6.45, 7) is 10.6. The van der Waals surface area contributed by atoms with Crippen molar-refractivity contribution in [2.75, 3.05) is 5.32 Å². The van der Waals surface area contributed by atoms with Gasteiger partial charge in [0.25, 0.3) is 0 Å². The first-order valence-corrected chi connectivity index (χ1v) is 7.04. The average Bonchev–Trinajstić information content (AvgIpc) is 2.63. The van der Waals surface area contributed by atoms with Gasteiger partial charge in [0.05, 0.1) is 0 Å². The number of hydrogen-bond acceptors (Lipinski definition) is 1. The quantitative estimate of drug-likeness (QED) is 0.863. The molecule has 1 aromatic rings. The van der Waals surface area contributed by atoms with E-state index in [-0.39, 0.29) is 22.7 Å². The lowest BCUT2D eigenvalue weighted by atomic mass is 10.0. The smallest absolute Gasteiger partial charge is 0.228 e. The Morgan fingerprint density at radius 2 is 1.78 bits per heavy atom. The van der Waals surface area contributed by atoms with Gasteiger partial charge in [-0.05, 0) is 41.5 Å². The maximum absolute atomic E-state index is 12.3.